The summed E-state index contributed by atoms with van der Waals surface area (Å²) >= 11 is 0. The van der Waals surface area contributed by atoms with Gasteiger partial charge in [-0.1, -0.05) is 4.85 Å². The zero-order chi connectivity index (χ0) is 8.59. The van der Waals surface area contributed by atoms with Crippen LogP contribution in [0.2, 0.25) is 0 Å². The van der Waals surface area contributed by atoms with Gasteiger partial charge in [-0.3, -0.25) is 4.79 Å². The maximum Gasteiger partial charge on any atom is 0.273 e. The van der Waals surface area contributed by atoms with Gasteiger partial charge in [0.25, 0.3) is 5.91 Å². The first kappa shape index (κ1) is 7.19. The monoisotopic (exact) mass is 157 g/mol. The Balaban J connectivity index is 3.34. The summed E-state index contributed by atoms with van der Waals surface area (Å²) in [6, 6.07) is 0. The fourth-order valence-electron chi connectivity index (χ4n) is 0.666. The SMILES string of the molecule is NC(=O)c1c(N)c(N)nn1O. The molecule has 1 heterocycles. The normalized spacial score (nSPS) is 9.82. The van der Waals surface area contributed by atoms with Crippen LogP contribution in [-0.2, 0) is 0 Å². The predicted octanol–water partition coefficient (Wildman–Crippen LogP) is -1.62. The number of nitrogens with two attached hydrogens (primary N) is 3. The Hall–Kier alpha value is -1.92. The molecule has 1 amide bonds. The summed E-state index contributed by atoms with van der Waals surface area (Å²) in [5, 5.41) is 12.1. The van der Waals surface area contributed by atoms with Crippen molar-refractivity contribution in [3.8, 4) is 0 Å². The third-order valence-electron chi connectivity index (χ3n) is 1.17. The molecule has 0 fully saturated rings. The fraction of sp³-hybridized carbons (Fsp3) is 0. The van der Waals surface area contributed by atoms with Gasteiger partial charge in [0.05, 0.1) is 0 Å². The lowest BCUT2D eigenvalue weighted by Gasteiger charge is -1.93. The quantitative estimate of drug-likeness (QED) is 0.363. The Bertz CT molecular complexity index is 304. The van der Waals surface area contributed by atoms with Gasteiger partial charge < -0.3 is 22.4 Å². The number of primary amides is 1. The minimum absolute atomic E-state index is 0.111. The van der Waals surface area contributed by atoms with Gasteiger partial charge in [-0.15, -0.1) is 5.10 Å². The highest BCUT2D eigenvalue weighted by Crippen LogP contribution is 2.16. The van der Waals surface area contributed by atoms with Crippen molar-refractivity contribution in [2.75, 3.05) is 11.5 Å². The van der Waals surface area contributed by atoms with Crippen molar-refractivity contribution in [2.24, 2.45) is 5.73 Å². The smallest absolute Gasteiger partial charge is 0.273 e. The van der Waals surface area contributed by atoms with E-state index in [9.17, 15) is 4.79 Å². The Labute approximate surface area is 61.3 Å². The summed E-state index contributed by atoms with van der Waals surface area (Å²) < 4.78 is 0. The molecule has 0 saturated heterocycles. The van der Waals surface area contributed by atoms with Gasteiger partial charge in [0.1, 0.15) is 5.69 Å². The van der Waals surface area contributed by atoms with Crippen LogP contribution < -0.4 is 17.2 Å². The molecule has 7 heteroatoms. The van der Waals surface area contributed by atoms with Gasteiger partial charge >= 0.3 is 0 Å². The lowest BCUT2D eigenvalue weighted by Crippen LogP contribution is -2.17. The van der Waals surface area contributed by atoms with E-state index in [1.54, 1.807) is 0 Å². The van der Waals surface area contributed by atoms with E-state index in [1.807, 2.05) is 0 Å². The van der Waals surface area contributed by atoms with Gasteiger partial charge in [0.15, 0.2) is 11.5 Å². The summed E-state index contributed by atoms with van der Waals surface area (Å²) in [5.74, 6) is -1.00. The lowest BCUT2D eigenvalue weighted by molar-refractivity contribution is 0.0919. The molecule has 0 unspecified atom stereocenters. The van der Waals surface area contributed by atoms with Gasteiger partial charge in [-0.2, -0.15) is 0 Å². The first-order chi connectivity index (χ1) is 5.04. The van der Waals surface area contributed by atoms with Crippen molar-refractivity contribution < 1.29 is 10.0 Å². The van der Waals surface area contributed by atoms with Crippen LogP contribution in [-0.4, -0.2) is 21.1 Å². The number of nitrogens with zero attached hydrogens (tertiary/aromatic N) is 2. The molecular formula is C4H7N5O2. The van der Waals surface area contributed by atoms with Crippen LogP contribution in [0, 0.1) is 0 Å². The number of aromatic nitrogens is 2. The van der Waals surface area contributed by atoms with E-state index in [0.717, 1.165) is 0 Å². The van der Waals surface area contributed by atoms with Gasteiger partial charge in [0.2, 0.25) is 0 Å². The molecule has 11 heavy (non-hydrogen) atoms. The molecule has 0 radical (unpaired) electrons. The molecule has 0 saturated carbocycles. The van der Waals surface area contributed by atoms with E-state index < -0.39 is 5.91 Å². The highest BCUT2D eigenvalue weighted by Gasteiger charge is 2.17. The third-order valence-corrected chi connectivity index (χ3v) is 1.17. The summed E-state index contributed by atoms with van der Waals surface area (Å²) in [4.78, 5) is 10.8. The maximum atomic E-state index is 10.5. The second-order valence-electron chi connectivity index (χ2n) is 1.90. The average molecular weight is 157 g/mol. The fourth-order valence-corrected chi connectivity index (χ4v) is 0.666. The summed E-state index contributed by atoms with van der Waals surface area (Å²) in [7, 11) is 0. The maximum absolute atomic E-state index is 10.5. The molecule has 1 aromatic rings. The van der Waals surface area contributed by atoms with Crippen LogP contribution in [0.1, 0.15) is 10.5 Å². The number of carbonyl (C=O) groups excluding carboxylic acids is 1. The number of carbonyl (C=O) groups is 1. The molecule has 60 valence electrons. The first-order valence-electron chi connectivity index (χ1n) is 2.67. The van der Waals surface area contributed by atoms with Crippen molar-refractivity contribution in [3.63, 3.8) is 0 Å². The van der Waals surface area contributed by atoms with Crippen molar-refractivity contribution >= 4 is 17.4 Å². The Kier molecular flexibility index (Phi) is 1.34. The van der Waals surface area contributed by atoms with Gasteiger partial charge in [0, 0.05) is 0 Å². The number of hydrogen-bond acceptors (Lipinski definition) is 5. The zero-order valence-electron chi connectivity index (χ0n) is 5.48. The number of hydrogen-bond donors (Lipinski definition) is 4. The second kappa shape index (κ2) is 2.04. The Morgan fingerprint density at radius 2 is 2.09 bits per heavy atom. The lowest BCUT2D eigenvalue weighted by atomic mass is 10.3. The molecule has 0 aliphatic rings. The van der Waals surface area contributed by atoms with E-state index in [-0.39, 0.29) is 22.0 Å². The first-order valence-corrected chi connectivity index (χ1v) is 2.67. The number of rotatable bonds is 1. The molecule has 0 aliphatic carbocycles. The van der Waals surface area contributed by atoms with Crippen molar-refractivity contribution in [1.29, 1.82) is 0 Å². The highest BCUT2D eigenvalue weighted by molar-refractivity contribution is 5.98. The highest BCUT2D eigenvalue weighted by atomic mass is 16.5. The molecule has 1 aromatic heterocycles. The number of anilines is 2. The second-order valence-corrected chi connectivity index (χ2v) is 1.90. The standard InChI is InChI=1S/C4H7N5O2/c5-1-2(4(7)10)9(11)8-3(1)6/h11H,5H2,(H2,6,8)(H2,7,10). The van der Waals surface area contributed by atoms with E-state index in [1.165, 1.54) is 0 Å². The van der Waals surface area contributed by atoms with Crippen molar-refractivity contribution in [1.82, 2.24) is 9.94 Å². The molecule has 0 spiro atoms. The molecule has 1 rings (SSSR count). The Morgan fingerprint density at radius 3 is 2.27 bits per heavy atom. The van der Waals surface area contributed by atoms with Crippen LogP contribution in [0.3, 0.4) is 0 Å². The topological polar surface area (TPSA) is 133 Å². The number of nitrogen functional groups attached to an aromatic ring is 2. The van der Waals surface area contributed by atoms with Crippen molar-refractivity contribution in [3.05, 3.63) is 5.69 Å². The average Bonchev–Trinajstić information content (AvgIpc) is 2.07. The van der Waals surface area contributed by atoms with E-state index in [2.05, 4.69) is 5.10 Å². The largest absolute Gasteiger partial charge is 0.411 e. The summed E-state index contributed by atoms with van der Waals surface area (Å²) in [6.07, 6.45) is 0. The van der Waals surface area contributed by atoms with Gasteiger partial charge in [-0.05, 0) is 0 Å². The van der Waals surface area contributed by atoms with Crippen LogP contribution in [0.4, 0.5) is 11.5 Å². The van der Waals surface area contributed by atoms with Gasteiger partial charge in [-0.25, -0.2) is 0 Å². The molecule has 7 nitrogen and oxygen atoms in total. The van der Waals surface area contributed by atoms with E-state index in [0.29, 0.717) is 0 Å². The zero-order valence-corrected chi connectivity index (χ0v) is 5.48. The summed E-state index contributed by atoms with van der Waals surface area (Å²) in [6.45, 7) is 0. The molecule has 0 atom stereocenters. The summed E-state index contributed by atoms with van der Waals surface area (Å²) in [5.41, 5.74) is 14.8. The third kappa shape index (κ3) is 0.914. The number of amides is 1. The molecule has 0 aromatic carbocycles. The van der Waals surface area contributed by atoms with Crippen LogP contribution in [0.5, 0.6) is 0 Å². The predicted molar refractivity (Wildman–Crippen MR) is 36.8 cm³/mol. The minimum Gasteiger partial charge on any atom is -0.411 e. The Morgan fingerprint density at radius 1 is 1.55 bits per heavy atom. The van der Waals surface area contributed by atoms with E-state index >= 15 is 0 Å². The molecule has 7 N–H and O–H groups in total. The molecule has 0 aliphatic heterocycles. The van der Waals surface area contributed by atoms with Crippen LogP contribution >= 0.6 is 0 Å². The van der Waals surface area contributed by atoms with Crippen molar-refractivity contribution in [2.45, 2.75) is 0 Å². The minimum atomic E-state index is -0.880. The molecule has 0 bridgehead atoms. The molecular weight excluding hydrogens is 150 g/mol. The van der Waals surface area contributed by atoms with E-state index in [4.69, 9.17) is 22.4 Å². The van der Waals surface area contributed by atoms with Crippen LogP contribution in [0.25, 0.3) is 0 Å². The van der Waals surface area contributed by atoms with Crippen LogP contribution in [0.15, 0.2) is 0 Å².